The summed E-state index contributed by atoms with van der Waals surface area (Å²) in [5.74, 6) is 0.302. The average molecular weight is 220 g/mol. The van der Waals surface area contributed by atoms with Gasteiger partial charge < -0.3 is 9.80 Å². The molecule has 1 fully saturated rings. The summed E-state index contributed by atoms with van der Waals surface area (Å²) in [6.45, 7) is 8.84. The Kier molecular flexibility index (Phi) is 2.78. The molecule has 3 atom stereocenters. The van der Waals surface area contributed by atoms with E-state index in [2.05, 4.69) is 30.7 Å². The highest BCUT2D eigenvalue weighted by Gasteiger charge is 2.35. The van der Waals surface area contributed by atoms with Gasteiger partial charge in [0.15, 0.2) is 0 Å². The highest BCUT2D eigenvalue weighted by atomic mass is 16.2. The van der Waals surface area contributed by atoms with Crippen molar-refractivity contribution in [2.24, 2.45) is 5.92 Å². The maximum absolute atomic E-state index is 12.3. The van der Waals surface area contributed by atoms with Crippen molar-refractivity contribution >= 4 is 5.91 Å². The minimum absolute atomic E-state index is 0.0448. The Balaban J connectivity index is 2.31. The molecule has 0 spiro atoms. The molecule has 3 unspecified atom stereocenters. The summed E-state index contributed by atoms with van der Waals surface area (Å²) >= 11 is 0. The van der Waals surface area contributed by atoms with E-state index in [1.165, 1.54) is 0 Å². The first-order valence-electron chi connectivity index (χ1n) is 5.88. The van der Waals surface area contributed by atoms with E-state index in [1.807, 2.05) is 18.9 Å². The van der Waals surface area contributed by atoms with Crippen LogP contribution in [-0.2, 0) is 4.79 Å². The second-order valence-electron chi connectivity index (χ2n) is 5.02. The lowest BCUT2D eigenvalue weighted by Crippen LogP contribution is -2.46. The fraction of sp³-hybridized carbons (Fsp3) is 0.615. The number of fused-ring (bicyclic) bond motifs is 1. The predicted molar refractivity (Wildman–Crippen MR) is 64.8 cm³/mol. The molecule has 2 heterocycles. The molecule has 2 rings (SSSR count). The van der Waals surface area contributed by atoms with Gasteiger partial charge in [-0.1, -0.05) is 19.1 Å². The van der Waals surface area contributed by atoms with Gasteiger partial charge in [-0.05, 0) is 25.6 Å². The van der Waals surface area contributed by atoms with Gasteiger partial charge in [-0.2, -0.15) is 0 Å². The first kappa shape index (κ1) is 11.2. The molecule has 2 aliphatic rings. The third kappa shape index (κ3) is 1.75. The second kappa shape index (κ2) is 3.96. The Morgan fingerprint density at radius 3 is 2.81 bits per heavy atom. The first-order chi connectivity index (χ1) is 7.50. The molecule has 3 nitrogen and oxygen atoms in total. The number of hydrogen-bond acceptors (Lipinski definition) is 2. The summed E-state index contributed by atoms with van der Waals surface area (Å²) < 4.78 is 0. The van der Waals surface area contributed by atoms with E-state index in [1.54, 1.807) is 0 Å². The highest BCUT2D eigenvalue weighted by Crippen LogP contribution is 2.27. The molecule has 0 aromatic heterocycles. The van der Waals surface area contributed by atoms with Crippen molar-refractivity contribution in [3.8, 4) is 0 Å². The minimum Gasteiger partial charge on any atom is -0.377 e. The van der Waals surface area contributed by atoms with Crippen LogP contribution in [0.15, 0.2) is 24.4 Å². The number of hydrogen-bond donors (Lipinski definition) is 0. The molecular weight excluding hydrogens is 200 g/mol. The number of carbonyl (C=O) groups excluding carboxylic acids is 1. The molecule has 0 aromatic carbocycles. The molecule has 1 saturated heterocycles. The van der Waals surface area contributed by atoms with E-state index in [4.69, 9.17) is 0 Å². The average Bonchev–Trinajstić information content (AvgIpc) is 2.63. The highest BCUT2D eigenvalue weighted by molar-refractivity contribution is 5.80. The molecule has 0 radical (unpaired) electrons. The van der Waals surface area contributed by atoms with Gasteiger partial charge in [0.25, 0.3) is 0 Å². The van der Waals surface area contributed by atoms with Crippen LogP contribution in [0.1, 0.15) is 20.3 Å². The van der Waals surface area contributed by atoms with E-state index < -0.39 is 0 Å². The molecule has 2 aliphatic heterocycles. The van der Waals surface area contributed by atoms with Crippen molar-refractivity contribution < 1.29 is 4.79 Å². The van der Waals surface area contributed by atoms with Crippen LogP contribution >= 0.6 is 0 Å². The van der Waals surface area contributed by atoms with Crippen LogP contribution in [0.5, 0.6) is 0 Å². The van der Waals surface area contributed by atoms with Crippen molar-refractivity contribution in [3.63, 3.8) is 0 Å². The molecule has 0 aromatic rings. The van der Waals surface area contributed by atoms with Crippen LogP contribution in [0.4, 0.5) is 0 Å². The Bertz CT molecular complexity index is 348. The summed E-state index contributed by atoms with van der Waals surface area (Å²) in [6, 6.07) is 0.468. The predicted octanol–water partition coefficient (Wildman–Crippen LogP) is 1.63. The van der Waals surface area contributed by atoms with E-state index in [9.17, 15) is 4.79 Å². The molecular formula is C13H20N2O. The van der Waals surface area contributed by atoms with Crippen LogP contribution in [0, 0.1) is 5.92 Å². The Labute approximate surface area is 97.4 Å². The van der Waals surface area contributed by atoms with Crippen LogP contribution in [0.25, 0.3) is 0 Å². The molecule has 88 valence electrons. The van der Waals surface area contributed by atoms with Gasteiger partial charge in [0.05, 0.1) is 12.0 Å². The van der Waals surface area contributed by atoms with Crippen LogP contribution < -0.4 is 0 Å². The zero-order valence-electron chi connectivity index (χ0n) is 10.3. The van der Waals surface area contributed by atoms with E-state index >= 15 is 0 Å². The molecule has 0 N–H and O–H groups in total. The largest absolute Gasteiger partial charge is 0.377 e. The molecule has 0 aliphatic carbocycles. The topological polar surface area (TPSA) is 23.6 Å². The van der Waals surface area contributed by atoms with Gasteiger partial charge in [0.2, 0.25) is 5.91 Å². The van der Waals surface area contributed by atoms with E-state index in [-0.39, 0.29) is 23.9 Å². The third-order valence-corrected chi connectivity index (χ3v) is 3.87. The number of rotatable bonds is 0. The van der Waals surface area contributed by atoms with Gasteiger partial charge in [-0.15, -0.1) is 0 Å². The van der Waals surface area contributed by atoms with Gasteiger partial charge in [-0.25, -0.2) is 0 Å². The fourth-order valence-electron chi connectivity index (χ4n) is 2.43. The van der Waals surface area contributed by atoms with Gasteiger partial charge >= 0.3 is 0 Å². The zero-order valence-corrected chi connectivity index (χ0v) is 10.3. The van der Waals surface area contributed by atoms with Gasteiger partial charge in [0, 0.05) is 19.6 Å². The minimum atomic E-state index is 0.0448. The first-order valence-corrected chi connectivity index (χ1v) is 5.88. The molecule has 3 heteroatoms. The molecule has 0 saturated carbocycles. The molecule has 0 bridgehead atoms. The summed E-state index contributed by atoms with van der Waals surface area (Å²) in [6.07, 6.45) is 5.14. The van der Waals surface area contributed by atoms with Crippen LogP contribution in [-0.4, -0.2) is 41.4 Å². The number of nitrogens with zero attached hydrogens (tertiary/aromatic N) is 2. The Morgan fingerprint density at radius 1 is 1.44 bits per heavy atom. The van der Waals surface area contributed by atoms with Gasteiger partial charge in [0.1, 0.15) is 0 Å². The normalized spacial score (nSPS) is 35.1. The van der Waals surface area contributed by atoms with Crippen molar-refractivity contribution in [2.75, 3.05) is 13.6 Å². The van der Waals surface area contributed by atoms with Crippen molar-refractivity contribution in [2.45, 2.75) is 32.4 Å². The van der Waals surface area contributed by atoms with Crippen LogP contribution in [0.2, 0.25) is 0 Å². The van der Waals surface area contributed by atoms with Crippen molar-refractivity contribution in [1.29, 1.82) is 0 Å². The fourth-order valence-corrected chi connectivity index (χ4v) is 2.43. The quantitative estimate of drug-likeness (QED) is 0.579. The second-order valence-corrected chi connectivity index (χ2v) is 5.02. The monoisotopic (exact) mass is 220 g/mol. The van der Waals surface area contributed by atoms with Gasteiger partial charge in [-0.3, -0.25) is 4.79 Å². The van der Waals surface area contributed by atoms with Crippen molar-refractivity contribution in [3.05, 3.63) is 24.4 Å². The van der Waals surface area contributed by atoms with Crippen molar-refractivity contribution in [1.82, 2.24) is 9.80 Å². The Morgan fingerprint density at radius 2 is 2.12 bits per heavy atom. The summed E-state index contributed by atoms with van der Waals surface area (Å²) in [5.41, 5.74) is 1.16. The molecule has 16 heavy (non-hydrogen) atoms. The summed E-state index contributed by atoms with van der Waals surface area (Å²) in [7, 11) is 2.03. The smallest absolute Gasteiger partial charge is 0.228 e. The lowest BCUT2D eigenvalue weighted by molar-refractivity contribution is -0.136. The lowest BCUT2D eigenvalue weighted by atomic mass is 9.99. The van der Waals surface area contributed by atoms with E-state index in [0.29, 0.717) is 0 Å². The number of amides is 1. The summed E-state index contributed by atoms with van der Waals surface area (Å²) in [4.78, 5) is 16.4. The van der Waals surface area contributed by atoms with Crippen LogP contribution in [0.3, 0.4) is 0 Å². The number of carbonyl (C=O) groups is 1. The zero-order chi connectivity index (χ0) is 11.9. The maximum Gasteiger partial charge on any atom is 0.228 e. The molecule has 1 amide bonds. The lowest BCUT2D eigenvalue weighted by Gasteiger charge is -2.35. The standard InChI is InChI=1S/C13H20N2O/c1-9-7-12-5-6-14(4)11(3)10(2)13(16)15(12)8-9/h5-6,10-12H,1,7-8H2,2-4H3. The van der Waals surface area contributed by atoms with E-state index in [0.717, 1.165) is 18.5 Å². The summed E-state index contributed by atoms with van der Waals surface area (Å²) in [5, 5.41) is 0. The third-order valence-electron chi connectivity index (χ3n) is 3.87. The SMILES string of the molecule is C=C1CC2C=CN(C)C(C)C(C)C(=O)N2C1. The maximum atomic E-state index is 12.3. The Hall–Kier alpha value is -1.25.